The first-order valence-electron chi connectivity index (χ1n) is 6.05. The molecule has 8 heteroatoms. The van der Waals surface area contributed by atoms with E-state index >= 15 is 0 Å². The normalized spacial score (nSPS) is 11.4. The SMILES string of the molecule is CNCc1ccc(S(=O)(=O)Nc2cc(Br)cc(OC)c2)s1. The van der Waals surface area contributed by atoms with Crippen molar-refractivity contribution in [2.24, 2.45) is 0 Å². The third-order valence-corrected chi connectivity index (χ3v) is 6.03. The minimum Gasteiger partial charge on any atom is -0.497 e. The molecule has 0 unspecified atom stereocenters. The molecule has 0 bridgehead atoms. The van der Waals surface area contributed by atoms with Crippen LogP contribution >= 0.6 is 27.3 Å². The van der Waals surface area contributed by atoms with Gasteiger partial charge < -0.3 is 10.1 Å². The molecule has 0 radical (unpaired) electrons. The molecular formula is C13H15BrN2O3S2. The largest absolute Gasteiger partial charge is 0.497 e. The Hall–Kier alpha value is -1.09. The summed E-state index contributed by atoms with van der Waals surface area (Å²) in [5.41, 5.74) is 0.449. The fourth-order valence-corrected chi connectivity index (χ4v) is 4.60. The maximum atomic E-state index is 12.4. The van der Waals surface area contributed by atoms with Crippen LogP contribution in [0.3, 0.4) is 0 Å². The molecule has 0 saturated heterocycles. The van der Waals surface area contributed by atoms with Crippen LogP contribution in [0.2, 0.25) is 0 Å². The van der Waals surface area contributed by atoms with Crippen LogP contribution in [-0.2, 0) is 16.6 Å². The first-order valence-corrected chi connectivity index (χ1v) is 9.14. The molecule has 2 N–H and O–H groups in total. The number of nitrogens with one attached hydrogen (secondary N) is 2. The van der Waals surface area contributed by atoms with Crippen molar-refractivity contribution in [3.63, 3.8) is 0 Å². The van der Waals surface area contributed by atoms with Gasteiger partial charge >= 0.3 is 0 Å². The number of hydrogen-bond donors (Lipinski definition) is 2. The van der Waals surface area contributed by atoms with Crippen LogP contribution in [0.5, 0.6) is 5.75 Å². The molecule has 0 saturated carbocycles. The number of thiophene rings is 1. The van der Waals surface area contributed by atoms with Crippen LogP contribution in [0.1, 0.15) is 4.88 Å². The first kappa shape index (κ1) is 16.3. The summed E-state index contributed by atoms with van der Waals surface area (Å²) < 4.78 is 33.4. The number of anilines is 1. The summed E-state index contributed by atoms with van der Waals surface area (Å²) in [7, 11) is -0.238. The number of hydrogen-bond acceptors (Lipinski definition) is 5. The van der Waals surface area contributed by atoms with Crippen molar-refractivity contribution in [2.75, 3.05) is 18.9 Å². The van der Waals surface area contributed by atoms with Gasteiger partial charge in [-0.1, -0.05) is 15.9 Å². The van der Waals surface area contributed by atoms with Crippen molar-refractivity contribution < 1.29 is 13.2 Å². The predicted octanol–water partition coefficient (Wildman–Crippen LogP) is 3.04. The van der Waals surface area contributed by atoms with E-state index in [1.165, 1.54) is 18.4 Å². The highest BCUT2D eigenvalue weighted by Gasteiger charge is 2.17. The van der Waals surface area contributed by atoms with E-state index in [1.807, 2.05) is 7.05 Å². The molecule has 1 aromatic heterocycles. The Bertz CT molecular complexity index is 729. The van der Waals surface area contributed by atoms with Crippen LogP contribution in [0.4, 0.5) is 5.69 Å². The summed E-state index contributed by atoms with van der Waals surface area (Å²) in [5.74, 6) is 0.573. The monoisotopic (exact) mass is 390 g/mol. The standard InChI is InChI=1S/C13H15BrN2O3S2/c1-15-8-12-3-4-13(20-12)21(17,18)16-10-5-9(14)6-11(7-10)19-2/h3-7,15-16H,8H2,1-2H3. The van der Waals surface area contributed by atoms with Gasteiger partial charge in [-0.15, -0.1) is 11.3 Å². The second-order valence-corrected chi connectivity index (χ2v) is 8.23. The van der Waals surface area contributed by atoms with Gasteiger partial charge in [-0.25, -0.2) is 8.42 Å². The van der Waals surface area contributed by atoms with Gasteiger partial charge in [0.25, 0.3) is 10.0 Å². The summed E-state index contributed by atoms with van der Waals surface area (Å²) in [6, 6.07) is 8.48. The minimum absolute atomic E-state index is 0.284. The molecule has 0 aliphatic heterocycles. The van der Waals surface area contributed by atoms with Gasteiger partial charge in [0.05, 0.1) is 12.8 Å². The van der Waals surface area contributed by atoms with Crippen molar-refractivity contribution in [1.82, 2.24) is 5.32 Å². The van der Waals surface area contributed by atoms with E-state index in [0.29, 0.717) is 18.0 Å². The zero-order valence-corrected chi connectivity index (χ0v) is 14.7. The van der Waals surface area contributed by atoms with Crippen LogP contribution < -0.4 is 14.8 Å². The van der Waals surface area contributed by atoms with Gasteiger partial charge in [-0.2, -0.15) is 0 Å². The van der Waals surface area contributed by atoms with E-state index in [4.69, 9.17) is 4.74 Å². The molecule has 1 heterocycles. The van der Waals surface area contributed by atoms with Gasteiger partial charge in [-0.05, 0) is 31.3 Å². The molecule has 5 nitrogen and oxygen atoms in total. The van der Waals surface area contributed by atoms with Gasteiger partial charge in [0.1, 0.15) is 9.96 Å². The number of rotatable bonds is 6. The van der Waals surface area contributed by atoms with Crippen molar-refractivity contribution in [3.8, 4) is 5.75 Å². The number of sulfonamides is 1. The second kappa shape index (κ2) is 6.78. The molecule has 1 aromatic carbocycles. The molecule has 114 valence electrons. The number of methoxy groups -OCH3 is 1. The van der Waals surface area contributed by atoms with E-state index in [2.05, 4.69) is 26.0 Å². The van der Waals surface area contributed by atoms with E-state index in [9.17, 15) is 8.42 Å². The van der Waals surface area contributed by atoms with Crippen molar-refractivity contribution in [2.45, 2.75) is 10.8 Å². The smallest absolute Gasteiger partial charge is 0.271 e. The average Bonchev–Trinajstić information content (AvgIpc) is 2.87. The highest BCUT2D eigenvalue weighted by atomic mass is 79.9. The Morgan fingerprint density at radius 1 is 1.29 bits per heavy atom. The molecule has 2 rings (SSSR count). The predicted molar refractivity (Wildman–Crippen MR) is 88.6 cm³/mol. The Balaban J connectivity index is 2.26. The Labute approximate surface area is 136 Å². The van der Waals surface area contributed by atoms with Crippen molar-refractivity contribution in [3.05, 3.63) is 39.7 Å². The topological polar surface area (TPSA) is 67.4 Å². The van der Waals surface area contributed by atoms with Crippen LogP contribution in [-0.4, -0.2) is 22.6 Å². The highest BCUT2D eigenvalue weighted by Crippen LogP contribution is 2.28. The first-order chi connectivity index (χ1) is 9.94. The van der Waals surface area contributed by atoms with E-state index in [0.717, 1.165) is 9.35 Å². The molecule has 0 aliphatic rings. The van der Waals surface area contributed by atoms with Crippen LogP contribution in [0.25, 0.3) is 0 Å². The maximum Gasteiger partial charge on any atom is 0.271 e. The molecule has 2 aromatic rings. The fourth-order valence-electron chi connectivity index (χ4n) is 1.72. The molecule has 0 amide bonds. The van der Waals surface area contributed by atoms with Gasteiger partial charge in [0, 0.05) is 22.0 Å². The number of halogens is 1. The van der Waals surface area contributed by atoms with Gasteiger partial charge in [-0.3, -0.25) is 4.72 Å². The lowest BCUT2D eigenvalue weighted by atomic mass is 10.3. The molecular weight excluding hydrogens is 376 g/mol. The summed E-state index contributed by atoms with van der Waals surface area (Å²) in [6.45, 7) is 0.644. The zero-order chi connectivity index (χ0) is 15.5. The lowest BCUT2D eigenvalue weighted by Crippen LogP contribution is -2.11. The van der Waals surface area contributed by atoms with Crippen molar-refractivity contribution in [1.29, 1.82) is 0 Å². The zero-order valence-electron chi connectivity index (χ0n) is 11.5. The molecule has 21 heavy (non-hydrogen) atoms. The summed E-state index contributed by atoms with van der Waals surface area (Å²) in [5, 5.41) is 2.99. The molecule has 0 spiro atoms. The van der Waals surface area contributed by atoms with Crippen LogP contribution in [0.15, 0.2) is 39.0 Å². The molecule has 0 atom stereocenters. The summed E-state index contributed by atoms with van der Waals surface area (Å²) in [4.78, 5) is 0.963. The maximum absolute atomic E-state index is 12.4. The van der Waals surface area contributed by atoms with Gasteiger partial charge in [0.15, 0.2) is 0 Å². The summed E-state index contributed by atoms with van der Waals surface area (Å²) in [6.07, 6.45) is 0. The third-order valence-electron chi connectivity index (χ3n) is 2.61. The second-order valence-electron chi connectivity index (χ2n) is 4.24. The Morgan fingerprint density at radius 2 is 2.05 bits per heavy atom. The lowest BCUT2D eigenvalue weighted by Gasteiger charge is -2.09. The Kier molecular flexibility index (Phi) is 5.26. The summed E-state index contributed by atoms with van der Waals surface area (Å²) >= 11 is 4.56. The van der Waals surface area contributed by atoms with E-state index in [1.54, 1.807) is 30.3 Å². The minimum atomic E-state index is -3.59. The average molecular weight is 391 g/mol. The molecule has 0 fully saturated rings. The van der Waals surface area contributed by atoms with Crippen LogP contribution in [0, 0.1) is 0 Å². The van der Waals surface area contributed by atoms with E-state index in [-0.39, 0.29) is 4.21 Å². The molecule has 0 aliphatic carbocycles. The number of benzene rings is 1. The van der Waals surface area contributed by atoms with Crippen molar-refractivity contribution >= 4 is 43.0 Å². The lowest BCUT2D eigenvalue weighted by molar-refractivity contribution is 0.415. The number of ether oxygens (including phenoxy) is 1. The fraction of sp³-hybridized carbons (Fsp3) is 0.231. The Morgan fingerprint density at radius 3 is 2.71 bits per heavy atom. The van der Waals surface area contributed by atoms with E-state index < -0.39 is 10.0 Å². The highest BCUT2D eigenvalue weighted by molar-refractivity contribution is 9.10. The quantitative estimate of drug-likeness (QED) is 0.795. The van der Waals surface area contributed by atoms with Gasteiger partial charge in [0.2, 0.25) is 0 Å². The third kappa shape index (κ3) is 4.19.